The average Bonchev–Trinajstić information content (AvgIpc) is 2.64. The van der Waals surface area contributed by atoms with Gasteiger partial charge in [0, 0.05) is 40.9 Å². The van der Waals surface area contributed by atoms with Gasteiger partial charge in [-0.25, -0.2) is 0 Å². The summed E-state index contributed by atoms with van der Waals surface area (Å²) in [5, 5.41) is 0.880. The zero-order chi connectivity index (χ0) is 17.4. The molecule has 1 saturated heterocycles. The molecule has 1 heterocycles. The highest BCUT2D eigenvalue weighted by atomic mass is 31.2. The van der Waals surface area contributed by atoms with Crippen molar-refractivity contribution in [1.82, 2.24) is 0 Å². The average molecular weight is 352 g/mol. The third-order valence-electron chi connectivity index (χ3n) is 5.63. The summed E-state index contributed by atoms with van der Waals surface area (Å²) in [6.07, 6.45) is 1.93. The molecule has 2 aromatic carbocycles. The predicted octanol–water partition coefficient (Wildman–Crippen LogP) is 3.78. The SMILES string of the molecule is O=C(c1ccccc1)C1C[C@@H]2CP(=O)(c3ccccc3)C[C@H](C1)C2=O. The molecule has 2 fully saturated rings. The lowest BCUT2D eigenvalue weighted by Crippen LogP contribution is -2.44. The lowest BCUT2D eigenvalue weighted by molar-refractivity contribution is -0.128. The van der Waals surface area contributed by atoms with Crippen LogP contribution in [0.15, 0.2) is 60.7 Å². The van der Waals surface area contributed by atoms with Crippen LogP contribution in [0, 0.1) is 17.8 Å². The van der Waals surface area contributed by atoms with E-state index in [1.807, 2.05) is 60.7 Å². The molecular formula is C21H21O3P. The summed E-state index contributed by atoms with van der Waals surface area (Å²) < 4.78 is 13.5. The van der Waals surface area contributed by atoms with Gasteiger partial charge < -0.3 is 4.57 Å². The quantitative estimate of drug-likeness (QED) is 0.624. The van der Waals surface area contributed by atoms with Crippen LogP contribution in [0.1, 0.15) is 23.2 Å². The topological polar surface area (TPSA) is 51.2 Å². The van der Waals surface area contributed by atoms with Crippen LogP contribution in [0.2, 0.25) is 0 Å². The lowest BCUT2D eigenvalue weighted by Gasteiger charge is -2.41. The van der Waals surface area contributed by atoms with Gasteiger partial charge in [-0.15, -0.1) is 0 Å². The molecule has 0 radical (unpaired) electrons. The van der Waals surface area contributed by atoms with E-state index in [1.54, 1.807) is 0 Å². The van der Waals surface area contributed by atoms with Gasteiger partial charge in [-0.05, 0) is 12.8 Å². The molecule has 4 atom stereocenters. The Kier molecular flexibility index (Phi) is 4.21. The van der Waals surface area contributed by atoms with Gasteiger partial charge in [0.2, 0.25) is 0 Å². The van der Waals surface area contributed by atoms with Crippen molar-refractivity contribution in [3.63, 3.8) is 0 Å². The molecule has 0 amide bonds. The first-order chi connectivity index (χ1) is 12.1. The number of hydrogen-bond donors (Lipinski definition) is 0. The predicted molar refractivity (Wildman–Crippen MR) is 98.9 cm³/mol. The molecule has 2 unspecified atom stereocenters. The second-order valence-corrected chi connectivity index (χ2v) is 10.3. The Morgan fingerprint density at radius 2 is 1.36 bits per heavy atom. The molecule has 128 valence electrons. The van der Waals surface area contributed by atoms with E-state index in [-0.39, 0.29) is 29.3 Å². The Hall–Kier alpha value is -1.99. The minimum Gasteiger partial charge on any atom is -0.319 e. The molecule has 2 aliphatic rings. The van der Waals surface area contributed by atoms with E-state index >= 15 is 0 Å². The normalized spacial score (nSPS) is 31.5. The fourth-order valence-electron chi connectivity index (χ4n) is 4.43. The summed E-state index contributed by atoms with van der Waals surface area (Å²) in [4.78, 5) is 25.4. The van der Waals surface area contributed by atoms with Crippen molar-refractivity contribution in [2.75, 3.05) is 12.3 Å². The third-order valence-corrected chi connectivity index (χ3v) is 8.93. The molecule has 4 rings (SSSR count). The highest BCUT2D eigenvalue weighted by Crippen LogP contribution is 2.56. The molecule has 2 aromatic rings. The molecule has 0 aromatic heterocycles. The van der Waals surface area contributed by atoms with Crippen LogP contribution in [0.5, 0.6) is 0 Å². The van der Waals surface area contributed by atoms with Gasteiger partial charge in [0.05, 0.1) is 0 Å². The third kappa shape index (κ3) is 3.02. The van der Waals surface area contributed by atoms with Gasteiger partial charge in [0.25, 0.3) is 0 Å². The first-order valence-corrected chi connectivity index (χ1v) is 10.9. The molecule has 1 saturated carbocycles. The second kappa shape index (κ2) is 6.38. The van der Waals surface area contributed by atoms with Crippen molar-refractivity contribution >= 4 is 24.0 Å². The number of carbonyl (C=O) groups is 2. The molecule has 3 nitrogen and oxygen atoms in total. The van der Waals surface area contributed by atoms with Crippen LogP contribution in [0.25, 0.3) is 0 Å². The van der Waals surface area contributed by atoms with Crippen molar-refractivity contribution in [3.8, 4) is 0 Å². The van der Waals surface area contributed by atoms with Crippen LogP contribution < -0.4 is 5.30 Å². The van der Waals surface area contributed by atoms with Crippen LogP contribution in [0.3, 0.4) is 0 Å². The summed E-state index contributed by atoms with van der Waals surface area (Å²) in [5.74, 6) is -0.258. The maximum Gasteiger partial charge on any atom is 0.165 e. The van der Waals surface area contributed by atoms with Crippen LogP contribution in [-0.2, 0) is 9.36 Å². The highest BCUT2D eigenvalue weighted by molar-refractivity contribution is 7.71. The summed E-state index contributed by atoms with van der Waals surface area (Å²) in [6.45, 7) is 0. The molecule has 1 aliphatic carbocycles. The number of rotatable bonds is 3. The Bertz CT molecular complexity index is 822. The van der Waals surface area contributed by atoms with Crippen LogP contribution >= 0.6 is 7.14 Å². The van der Waals surface area contributed by atoms with Gasteiger partial charge in [0.1, 0.15) is 12.9 Å². The maximum absolute atomic E-state index is 13.5. The number of ketones is 2. The number of Topliss-reactive ketones (excluding diaryl/α,β-unsaturated/α-hetero) is 2. The van der Waals surface area contributed by atoms with Crippen LogP contribution in [0.4, 0.5) is 0 Å². The molecular weight excluding hydrogens is 331 g/mol. The van der Waals surface area contributed by atoms with Gasteiger partial charge in [-0.1, -0.05) is 60.7 Å². The zero-order valence-corrected chi connectivity index (χ0v) is 14.9. The first kappa shape index (κ1) is 16.5. The molecule has 1 aliphatic heterocycles. The van der Waals surface area contributed by atoms with E-state index in [9.17, 15) is 14.2 Å². The van der Waals surface area contributed by atoms with Crippen LogP contribution in [-0.4, -0.2) is 23.9 Å². The van der Waals surface area contributed by atoms with E-state index in [2.05, 4.69) is 0 Å². The van der Waals surface area contributed by atoms with E-state index in [0.29, 0.717) is 30.7 Å². The van der Waals surface area contributed by atoms with Gasteiger partial charge in [0.15, 0.2) is 5.78 Å². The molecule has 2 bridgehead atoms. The van der Waals surface area contributed by atoms with Crippen molar-refractivity contribution in [1.29, 1.82) is 0 Å². The standard InChI is InChI=1S/C21H21O3P/c22-20(15-7-3-1-4-8-15)16-11-17-13-25(24,14-18(12-16)21(17)23)19-9-5-2-6-10-19/h1-10,16-18H,11-14H2/t16?,17-,18+,25?. The largest absolute Gasteiger partial charge is 0.319 e. The highest BCUT2D eigenvalue weighted by Gasteiger charge is 2.48. The summed E-state index contributed by atoms with van der Waals surface area (Å²) in [6, 6.07) is 18.9. The van der Waals surface area contributed by atoms with E-state index in [0.717, 1.165) is 5.30 Å². The molecule has 0 spiro atoms. The lowest BCUT2D eigenvalue weighted by atomic mass is 9.72. The van der Waals surface area contributed by atoms with Gasteiger partial charge in [-0.2, -0.15) is 0 Å². The fourth-order valence-corrected chi connectivity index (χ4v) is 7.80. The monoisotopic (exact) mass is 352 g/mol. The minimum atomic E-state index is -2.54. The smallest absolute Gasteiger partial charge is 0.165 e. The Labute approximate surface area is 147 Å². The van der Waals surface area contributed by atoms with Crippen molar-refractivity contribution in [2.45, 2.75) is 12.8 Å². The summed E-state index contributed by atoms with van der Waals surface area (Å²) >= 11 is 0. The number of fused-ring (bicyclic) bond motifs is 2. The van der Waals surface area contributed by atoms with Crippen molar-refractivity contribution in [3.05, 3.63) is 66.2 Å². The molecule has 0 N–H and O–H groups in total. The van der Waals surface area contributed by atoms with E-state index in [1.165, 1.54) is 0 Å². The van der Waals surface area contributed by atoms with E-state index < -0.39 is 7.14 Å². The first-order valence-electron chi connectivity index (χ1n) is 8.83. The van der Waals surface area contributed by atoms with Crippen molar-refractivity contribution < 1.29 is 14.2 Å². The Morgan fingerprint density at radius 1 is 0.840 bits per heavy atom. The molecule has 4 heteroatoms. The van der Waals surface area contributed by atoms with Crippen molar-refractivity contribution in [2.24, 2.45) is 17.8 Å². The Balaban J connectivity index is 1.58. The molecule has 25 heavy (non-hydrogen) atoms. The minimum absolute atomic E-state index is 0.125. The Morgan fingerprint density at radius 3 is 1.92 bits per heavy atom. The number of benzene rings is 2. The van der Waals surface area contributed by atoms with E-state index in [4.69, 9.17) is 0 Å². The fraction of sp³-hybridized carbons (Fsp3) is 0.333. The van der Waals surface area contributed by atoms with Gasteiger partial charge >= 0.3 is 0 Å². The number of carbonyl (C=O) groups excluding carboxylic acids is 2. The number of hydrogen-bond acceptors (Lipinski definition) is 3. The second-order valence-electron chi connectivity index (χ2n) is 7.28. The summed E-state index contributed by atoms with van der Waals surface area (Å²) in [5.41, 5.74) is 0.714. The zero-order valence-electron chi connectivity index (χ0n) is 14.0. The maximum atomic E-state index is 13.5. The summed E-state index contributed by atoms with van der Waals surface area (Å²) in [7, 11) is -2.54. The van der Waals surface area contributed by atoms with Gasteiger partial charge in [-0.3, -0.25) is 9.59 Å².